The summed E-state index contributed by atoms with van der Waals surface area (Å²) in [7, 11) is 1.28. The summed E-state index contributed by atoms with van der Waals surface area (Å²) in [6.45, 7) is 2.54. The predicted molar refractivity (Wildman–Crippen MR) is 83.2 cm³/mol. The molecule has 5 nitrogen and oxygen atoms in total. The molecule has 1 atom stereocenters. The number of thioether (sulfide) groups is 1. The minimum absolute atomic E-state index is 0.263. The Morgan fingerprint density at radius 2 is 1.90 bits per heavy atom. The van der Waals surface area contributed by atoms with Gasteiger partial charge in [0.2, 0.25) is 0 Å². The maximum atomic E-state index is 11.8. The van der Waals surface area contributed by atoms with Crippen molar-refractivity contribution < 1.29 is 13.2 Å². The fourth-order valence-electron chi connectivity index (χ4n) is 1.49. The van der Waals surface area contributed by atoms with Crippen LogP contribution >= 0.6 is 11.8 Å². The van der Waals surface area contributed by atoms with E-state index in [1.165, 1.54) is 18.4 Å². The largest absolute Gasteiger partial charge is 0.384 e. The minimum atomic E-state index is -3.41. The molecule has 0 heterocycles. The molecule has 0 aromatic heterocycles. The fraction of sp³-hybridized carbons (Fsp3) is 0.538. The van der Waals surface area contributed by atoms with Crippen molar-refractivity contribution in [3.05, 3.63) is 29.8 Å². The molecular formula is C13H22N2O3S2. The van der Waals surface area contributed by atoms with Crippen LogP contribution in [0.3, 0.4) is 0 Å². The van der Waals surface area contributed by atoms with Gasteiger partial charge in [-0.15, -0.1) is 11.8 Å². The first-order valence-electron chi connectivity index (χ1n) is 6.28. The number of methoxy groups -OCH3 is 1. The molecule has 1 aromatic rings. The fourth-order valence-corrected chi connectivity index (χ4v) is 3.10. The van der Waals surface area contributed by atoms with Gasteiger partial charge in [-0.2, -0.15) is 17.4 Å². The van der Waals surface area contributed by atoms with Gasteiger partial charge in [-0.05, 0) is 24.6 Å². The Kier molecular flexibility index (Phi) is 6.97. The van der Waals surface area contributed by atoms with Gasteiger partial charge in [0, 0.05) is 37.9 Å². The molecule has 0 bridgehead atoms. The van der Waals surface area contributed by atoms with Crippen LogP contribution in [0.25, 0.3) is 0 Å². The average Bonchev–Trinajstić information content (AvgIpc) is 2.39. The first-order valence-corrected chi connectivity index (χ1v) is 8.71. The predicted octanol–water partition coefficient (Wildman–Crippen LogP) is 1.88. The summed E-state index contributed by atoms with van der Waals surface area (Å²) in [5.74, 6) is 0.901. The number of ether oxygens (including phenoxy) is 1. The third-order valence-electron chi connectivity index (χ3n) is 2.74. The zero-order valence-electron chi connectivity index (χ0n) is 12.3. The topological polar surface area (TPSA) is 58.6 Å². The Labute approximate surface area is 125 Å². The van der Waals surface area contributed by atoms with Crippen molar-refractivity contribution >= 4 is 22.0 Å². The quantitative estimate of drug-likeness (QED) is 0.587. The van der Waals surface area contributed by atoms with E-state index >= 15 is 0 Å². The van der Waals surface area contributed by atoms with E-state index in [2.05, 4.69) is 4.72 Å². The molecule has 0 saturated heterocycles. The molecule has 0 aliphatic heterocycles. The number of hydrogen-bond donors (Lipinski definition) is 1. The highest BCUT2D eigenvalue weighted by Crippen LogP contribution is 2.21. The van der Waals surface area contributed by atoms with Gasteiger partial charge in [0.1, 0.15) is 0 Å². The standard InChI is InChI=1S/C13H22N2O3S2/c1-11(14-20(16,17)15(2)3)12-5-7-13(8-6-12)19-10-9-18-4/h5-8,11,14H,9-10H2,1-4H3. The number of rotatable bonds is 8. The van der Waals surface area contributed by atoms with Crippen LogP contribution in [0.15, 0.2) is 29.2 Å². The molecule has 0 fully saturated rings. The Balaban J connectivity index is 2.64. The van der Waals surface area contributed by atoms with Crippen LogP contribution in [0.1, 0.15) is 18.5 Å². The van der Waals surface area contributed by atoms with Gasteiger partial charge in [-0.3, -0.25) is 0 Å². The van der Waals surface area contributed by atoms with Crippen LogP contribution in [0, 0.1) is 0 Å². The van der Waals surface area contributed by atoms with Gasteiger partial charge >= 0.3 is 0 Å². The van der Waals surface area contributed by atoms with Gasteiger partial charge in [-0.25, -0.2) is 0 Å². The van der Waals surface area contributed by atoms with Crippen molar-refractivity contribution in [1.29, 1.82) is 0 Å². The lowest BCUT2D eigenvalue weighted by Crippen LogP contribution is -2.37. The first-order chi connectivity index (χ1) is 9.36. The first kappa shape index (κ1) is 17.5. The number of nitrogens with zero attached hydrogens (tertiary/aromatic N) is 1. The van der Waals surface area contributed by atoms with E-state index in [4.69, 9.17) is 4.74 Å². The highest BCUT2D eigenvalue weighted by atomic mass is 32.2. The van der Waals surface area contributed by atoms with Crippen molar-refractivity contribution in [2.75, 3.05) is 33.6 Å². The second-order valence-electron chi connectivity index (χ2n) is 4.54. The highest BCUT2D eigenvalue weighted by molar-refractivity contribution is 7.99. The lowest BCUT2D eigenvalue weighted by atomic mass is 10.1. The normalized spacial score (nSPS) is 13.7. The lowest BCUT2D eigenvalue weighted by molar-refractivity contribution is 0.218. The molecule has 7 heteroatoms. The SMILES string of the molecule is COCCSc1ccc(C(C)NS(=O)(=O)N(C)C)cc1. The van der Waals surface area contributed by atoms with E-state index in [0.717, 1.165) is 16.2 Å². The third-order valence-corrected chi connectivity index (χ3v) is 5.33. The monoisotopic (exact) mass is 318 g/mol. The molecule has 1 N–H and O–H groups in total. The van der Waals surface area contributed by atoms with Gasteiger partial charge in [0.05, 0.1) is 6.61 Å². The van der Waals surface area contributed by atoms with Crippen LogP contribution in [0.5, 0.6) is 0 Å². The minimum Gasteiger partial charge on any atom is -0.384 e. The second-order valence-corrected chi connectivity index (χ2v) is 7.62. The molecule has 1 aromatic carbocycles. The van der Waals surface area contributed by atoms with E-state index in [-0.39, 0.29) is 6.04 Å². The van der Waals surface area contributed by atoms with E-state index in [0.29, 0.717) is 6.61 Å². The molecule has 0 aliphatic rings. The van der Waals surface area contributed by atoms with Gasteiger partial charge in [-0.1, -0.05) is 12.1 Å². The van der Waals surface area contributed by atoms with Crippen molar-refractivity contribution in [1.82, 2.24) is 9.03 Å². The van der Waals surface area contributed by atoms with Gasteiger partial charge < -0.3 is 4.74 Å². The van der Waals surface area contributed by atoms with Crippen molar-refractivity contribution in [2.45, 2.75) is 17.9 Å². The summed E-state index contributed by atoms with van der Waals surface area (Å²) >= 11 is 1.71. The average molecular weight is 318 g/mol. The number of benzene rings is 1. The van der Waals surface area contributed by atoms with Gasteiger partial charge in [0.15, 0.2) is 0 Å². The Morgan fingerprint density at radius 1 is 1.30 bits per heavy atom. The molecule has 0 aliphatic carbocycles. The van der Waals surface area contributed by atoms with Crippen molar-refractivity contribution in [2.24, 2.45) is 0 Å². The summed E-state index contributed by atoms with van der Waals surface area (Å²) in [5.41, 5.74) is 0.937. The van der Waals surface area contributed by atoms with Crippen molar-refractivity contribution in [3.63, 3.8) is 0 Å². The van der Waals surface area contributed by atoms with E-state index in [9.17, 15) is 8.42 Å². The smallest absolute Gasteiger partial charge is 0.279 e. The summed E-state index contributed by atoms with van der Waals surface area (Å²) in [6.07, 6.45) is 0. The molecule has 0 radical (unpaired) electrons. The van der Waals surface area contributed by atoms with E-state index < -0.39 is 10.2 Å². The number of hydrogen-bond acceptors (Lipinski definition) is 4. The Hall–Kier alpha value is -0.600. The van der Waals surface area contributed by atoms with Crippen LogP contribution in [0.2, 0.25) is 0 Å². The highest BCUT2D eigenvalue weighted by Gasteiger charge is 2.17. The lowest BCUT2D eigenvalue weighted by Gasteiger charge is -2.18. The van der Waals surface area contributed by atoms with Crippen molar-refractivity contribution in [3.8, 4) is 0 Å². The van der Waals surface area contributed by atoms with Gasteiger partial charge in [0.25, 0.3) is 10.2 Å². The molecule has 0 saturated carbocycles. The maximum absolute atomic E-state index is 11.8. The third kappa shape index (κ3) is 5.41. The summed E-state index contributed by atoms with van der Waals surface area (Å²) < 4.78 is 32.3. The molecule has 1 unspecified atom stereocenters. The Bertz CT molecular complexity index is 501. The summed E-state index contributed by atoms with van der Waals surface area (Å²) in [5, 5.41) is 0. The second kappa shape index (κ2) is 7.99. The van der Waals surface area contributed by atoms with E-state index in [1.54, 1.807) is 18.9 Å². The van der Waals surface area contributed by atoms with E-state index in [1.807, 2.05) is 31.2 Å². The Morgan fingerprint density at radius 3 is 2.40 bits per heavy atom. The van der Waals surface area contributed by atoms with Crippen LogP contribution in [-0.4, -0.2) is 46.3 Å². The summed E-state index contributed by atoms with van der Waals surface area (Å²) in [6, 6.07) is 7.61. The zero-order chi connectivity index (χ0) is 15.2. The maximum Gasteiger partial charge on any atom is 0.279 e. The molecule has 114 valence electrons. The van der Waals surface area contributed by atoms with Crippen LogP contribution < -0.4 is 4.72 Å². The molecular weight excluding hydrogens is 296 g/mol. The molecule has 1 rings (SSSR count). The molecule has 0 spiro atoms. The van der Waals surface area contributed by atoms with Crippen LogP contribution in [-0.2, 0) is 14.9 Å². The zero-order valence-corrected chi connectivity index (χ0v) is 13.9. The van der Waals surface area contributed by atoms with Crippen LogP contribution in [0.4, 0.5) is 0 Å². The summed E-state index contributed by atoms with van der Waals surface area (Å²) in [4.78, 5) is 1.15. The molecule has 20 heavy (non-hydrogen) atoms. The molecule has 0 amide bonds. The number of nitrogens with one attached hydrogen (secondary N) is 1.